The molecule has 3 heterocycles. The predicted octanol–water partition coefficient (Wildman–Crippen LogP) is 5.33. The van der Waals surface area contributed by atoms with Gasteiger partial charge in [0.2, 0.25) is 23.2 Å². The minimum Gasteiger partial charge on any atom is -0.447 e. The number of thiophene rings is 1. The normalized spacial score (nSPS) is 15.2. The van der Waals surface area contributed by atoms with E-state index < -0.39 is 6.23 Å². The Kier molecular flexibility index (Phi) is 6.10. The number of anilines is 1. The molecule has 0 N–H and O–H groups in total. The molecule has 2 aromatic heterocycles. The largest absolute Gasteiger partial charge is 0.447 e. The number of amides is 1. The van der Waals surface area contributed by atoms with E-state index in [0.717, 1.165) is 35.4 Å². The third-order valence-corrected chi connectivity index (χ3v) is 6.27. The lowest BCUT2D eigenvalue weighted by Gasteiger charge is -2.30. The molecular weight excluding hydrogens is 404 g/mol. The molecule has 0 radical (unpaired) electrons. The van der Waals surface area contributed by atoms with Crippen LogP contribution in [0.2, 0.25) is 0 Å². The molecule has 0 unspecified atom stereocenters. The average Bonchev–Trinajstić information content (AvgIpc) is 3.24. The van der Waals surface area contributed by atoms with Crippen LogP contribution in [0.3, 0.4) is 0 Å². The van der Waals surface area contributed by atoms with Gasteiger partial charge in [0.15, 0.2) is 5.69 Å². The lowest BCUT2D eigenvalue weighted by atomic mass is 10.1. The Balaban J connectivity index is 1.84. The maximum Gasteiger partial charge on any atom is 0.247 e. The lowest BCUT2D eigenvalue weighted by Crippen LogP contribution is -2.37. The van der Waals surface area contributed by atoms with Gasteiger partial charge in [0.25, 0.3) is 0 Å². The molecule has 1 aromatic carbocycles. The monoisotopic (exact) mass is 426 g/mol. The van der Waals surface area contributed by atoms with Gasteiger partial charge in [0.05, 0.1) is 5.69 Å². The number of unbranched alkanes of at least 4 members (excludes halogenated alkanes) is 1. The topological polar surface area (TPSA) is 68.2 Å². The first kappa shape index (κ1) is 19.8. The van der Waals surface area contributed by atoms with Crippen molar-refractivity contribution in [2.75, 3.05) is 10.7 Å². The number of carbonyl (C=O) groups excluding carboxylic acids is 1. The molecule has 6 nitrogen and oxygen atoms in total. The SMILES string of the molecule is CCCCSc1nnc2c(n1)O[C@@H](c1ccsc1)N(C(=O)CC)c1ccccc1-2. The van der Waals surface area contributed by atoms with Crippen molar-refractivity contribution in [3.63, 3.8) is 0 Å². The zero-order valence-corrected chi connectivity index (χ0v) is 18.0. The van der Waals surface area contributed by atoms with Gasteiger partial charge in [0, 0.05) is 23.3 Å². The summed E-state index contributed by atoms with van der Waals surface area (Å²) in [7, 11) is 0. The number of thioether (sulfide) groups is 1. The zero-order valence-electron chi connectivity index (χ0n) is 16.4. The first-order chi connectivity index (χ1) is 14.2. The molecule has 0 spiro atoms. The van der Waals surface area contributed by atoms with Crippen molar-refractivity contribution in [1.82, 2.24) is 15.2 Å². The van der Waals surface area contributed by atoms with E-state index >= 15 is 0 Å². The minimum absolute atomic E-state index is 0.0213. The Morgan fingerprint density at radius 2 is 2.10 bits per heavy atom. The Labute approximate surface area is 178 Å². The molecule has 0 saturated heterocycles. The third kappa shape index (κ3) is 4.00. The van der Waals surface area contributed by atoms with Crippen molar-refractivity contribution in [2.45, 2.75) is 44.5 Å². The number of carbonyl (C=O) groups is 1. The predicted molar refractivity (Wildman–Crippen MR) is 116 cm³/mol. The standard InChI is InChI=1S/C21H22N4O2S2/c1-3-5-11-29-21-22-19-18(23-24-21)15-8-6-7-9-16(15)25(17(26)4-2)20(27-19)14-10-12-28-13-14/h6-10,12-13,20H,3-5,11H2,1-2H3/t20-/m0/s1. The number of para-hydroxylation sites is 1. The fraction of sp³-hybridized carbons (Fsp3) is 0.333. The van der Waals surface area contributed by atoms with Crippen LogP contribution < -0.4 is 9.64 Å². The number of hydrogen-bond acceptors (Lipinski definition) is 7. The second-order valence-electron chi connectivity index (χ2n) is 6.61. The van der Waals surface area contributed by atoms with E-state index in [-0.39, 0.29) is 5.91 Å². The van der Waals surface area contributed by atoms with E-state index in [0.29, 0.717) is 23.2 Å². The van der Waals surface area contributed by atoms with Crippen LogP contribution in [-0.4, -0.2) is 26.8 Å². The molecule has 0 aliphatic carbocycles. The molecule has 0 bridgehead atoms. The van der Waals surface area contributed by atoms with Gasteiger partial charge in [-0.05, 0) is 29.3 Å². The molecular formula is C21H22N4O2S2. The molecule has 1 aliphatic rings. The van der Waals surface area contributed by atoms with Gasteiger partial charge < -0.3 is 4.74 Å². The molecule has 8 heteroatoms. The van der Waals surface area contributed by atoms with E-state index in [1.54, 1.807) is 28.0 Å². The highest BCUT2D eigenvalue weighted by molar-refractivity contribution is 7.99. The highest BCUT2D eigenvalue weighted by Gasteiger charge is 2.35. The maximum absolute atomic E-state index is 13.0. The smallest absolute Gasteiger partial charge is 0.247 e. The van der Waals surface area contributed by atoms with Crippen LogP contribution in [0.25, 0.3) is 11.3 Å². The highest BCUT2D eigenvalue weighted by Crippen LogP contribution is 2.43. The van der Waals surface area contributed by atoms with Gasteiger partial charge in [0.1, 0.15) is 0 Å². The minimum atomic E-state index is -0.596. The summed E-state index contributed by atoms with van der Waals surface area (Å²) in [5.74, 6) is 1.32. The van der Waals surface area contributed by atoms with Gasteiger partial charge in [-0.1, -0.05) is 50.2 Å². The molecule has 0 saturated carbocycles. The van der Waals surface area contributed by atoms with E-state index in [4.69, 9.17) is 4.74 Å². The van der Waals surface area contributed by atoms with E-state index in [9.17, 15) is 4.79 Å². The fourth-order valence-corrected chi connectivity index (χ4v) is 4.68. The molecule has 4 rings (SSSR count). The Morgan fingerprint density at radius 1 is 1.24 bits per heavy atom. The Bertz CT molecular complexity index is 994. The number of fused-ring (bicyclic) bond motifs is 3. The zero-order chi connectivity index (χ0) is 20.2. The van der Waals surface area contributed by atoms with Gasteiger partial charge in [-0.3, -0.25) is 9.69 Å². The lowest BCUT2D eigenvalue weighted by molar-refractivity contribution is -0.120. The fourth-order valence-electron chi connectivity index (χ4n) is 3.15. The van der Waals surface area contributed by atoms with Crippen LogP contribution in [0.15, 0.2) is 46.2 Å². The molecule has 0 fully saturated rings. The van der Waals surface area contributed by atoms with Crippen molar-refractivity contribution < 1.29 is 9.53 Å². The van der Waals surface area contributed by atoms with Gasteiger partial charge in [-0.15, -0.1) is 10.2 Å². The second-order valence-corrected chi connectivity index (χ2v) is 8.45. The summed E-state index contributed by atoms with van der Waals surface area (Å²) >= 11 is 3.14. The summed E-state index contributed by atoms with van der Waals surface area (Å²) in [6.07, 6.45) is 1.97. The van der Waals surface area contributed by atoms with Crippen LogP contribution in [0.4, 0.5) is 5.69 Å². The van der Waals surface area contributed by atoms with Crippen molar-refractivity contribution in [1.29, 1.82) is 0 Å². The molecule has 1 atom stereocenters. The number of benzene rings is 1. The summed E-state index contributed by atoms with van der Waals surface area (Å²) < 4.78 is 6.35. The van der Waals surface area contributed by atoms with Crippen LogP contribution in [0.5, 0.6) is 5.88 Å². The first-order valence-electron chi connectivity index (χ1n) is 9.70. The van der Waals surface area contributed by atoms with Crippen LogP contribution in [0, 0.1) is 0 Å². The van der Waals surface area contributed by atoms with E-state index in [1.807, 2.05) is 48.0 Å². The molecule has 3 aromatic rings. The number of hydrogen-bond donors (Lipinski definition) is 0. The second kappa shape index (κ2) is 8.92. The molecule has 150 valence electrons. The summed E-state index contributed by atoms with van der Waals surface area (Å²) in [4.78, 5) is 19.3. The summed E-state index contributed by atoms with van der Waals surface area (Å²) in [5, 5.41) is 13.3. The molecule has 29 heavy (non-hydrogen) atoms. The molecule has 1 aliphatic heterocycles. The number of nitrogens with zero attached hydrogens (tertiary/aromatic N) is 4. The highest BCUT2D eigenvalue weighted by atomic mass is 32.2. The summed E-state index contributed by atoms with van der Waals surface area (Å²) in [5.41, 5.74) is 3.04. The van der Waals surface area contributed by atoms with Gasteiger partial charge >= 0.3 is 0 Å². The average molecular weight is 427 g/mol. The number of rotatable bonds is 6. The summed E-state index contributed by atoms with van der Waals surface area (Å²) in [6, 6.07) is 9.68. The van der Waals surface area contributed by atoms with E-state index in [2.05, 4.69) is 22.1 Å². The van der Waals surface area contributed by atoms with Crippen molar-refractivity contribution in [3.8, 4) is 17.1 Å². The number of aromatic nitrogens is 3. The van der Waals surface area contributed by atoms with Gasteiger partial charge in [-0.25, -0.2) is 0 Å². The van der Waals surface area contributed by atoms with E-state index in [1.165, 1.54) is 0 Å². The quantitative estimate of drug-likeness (QED) is 0.392. The number of ether oxygens (including phenoxy) is 1. The van der Waals surface area contributed by atoms with Gasteiger partial charge in [-0.2, -0.15) is 16.3 Å². The van der Waals surface area contributed by atoms with Crippen LogP contribution in [0.1, 0.15) is 44.9 Å². The van der Waals surface area contributed by atoms with Crippen molar-refractivity contribution in [3.05, 3.63) is 46.7 Å². The van der Waals surface area contributed by atoms with Crippen molar-refractivity contribution in [2.24, 2.45) is 0 Å². The van der Waals surface area contributed by atoms with Crippen molar-refractivity contribution >= 4 is 34.7 Å². The van der Waals surface area contributed by atoms with Crippen LogP contribution >= 0.6 is 23.1 Å². The van der Waals surface area contributed by atoms with Crippen LogP contribution in [-0.2, 0) is 4.79 Å². The third-order valence-electron chi connectivity index (χ3n) is 4.64. The first-order valence-corrected chi connectivity index (χ1v) is 11.6. The summed E-state index contributed by atoms with van der Waals surface area (Å²) in [6.45, 7) is 4.01. The maximum atomic E-state index is 13.0. The molecule has 1 amide bonds. The Morgan fingerprint density at radius 3 is 2.86 bits per heavy atom. The Hall–Kier alpha value is -2.45.